The summed E-state index contributed by atoms with van der Waals surface area (Å²) in [6.45, 7) is 6.33. The van der Waals surface area contributed by atoms with Crippen LogP contribution in [0.3, 0.4) is 0 Å². The van der Waals surface area contributed by atoms with Gasteiger partial charge in [0.25, 0.3) is 10.0 Å². The first kappa shape index (κ1) is 14.3. The molecule has 0 spiro atoms. The monoisotopic (exact) mass is 306 g/mol. The minimum Gasteiger partial charge on any atom is -0.245 e. The average molecular weight is 306 g/mol. The van der Waals surface area contributed by atoms with Gasteiger partial charge in [-0.05, 0) is 20.3 Å². The topological polar surface area (TPSA) is 50.3 Å². The van der Waals surface area contributed by atoms with Crippen molar-refractivity contribution in [3.8, 4) is 0 Å². The van der Waals surface area contributed by atoms with E-state index in [9.17, 15) is 8.42 Å². The van der Waals surface area contributed by atoms with Crippen LogP contribution in [0.15, 0.2) is 4.21 Å². The third-order valence-corrected chi connectivity index (χ3v) is 7.88. The van der Waals surface area contributed by atoms with Gasteiger partial charge in [-0.3, -0.25) is 0 Å². The number of rotatable bonds is 4. The van der Waals surface area contributed by atoms with Crippen LogP contribution in [-0.4, -0.2) is 35.4 Å². The number of sulfonamides is 1. The van der Waals surface area contributed by atoms with E-state index in [4.69, 9.17) is 0 Å². The summed E-state index contributed by atoms with van der Waals surface area (Å²) in [5, 5.41) is 0.909. The molecule has 1 saturated heterocycles. The molecule has 0 amide bonds. The molecule has 0 radical (unpaired) electrons. The Labute approximate surface area is 117 Å². The molecule has 0 bridgehead atoms. The van der Waals surface area contributed by atoms with Crippen molar-refractivity contribution in [3.63, 3.8) is 0 Å². The van der Waals surface area contributed by atoms with Gasteiger partial charge in [-0.15, -0.1) is 23.1 Å². The highest BCUT2D eigenvalue weighted by molar-refractivity contribution is 8.01. The zero-order valence-corrected chi connectivity index (χ0v) is 13.3. The molecule has 2 rings (SSSR count). The molecule has 1 aliphatic heterocycles. The summed E-state index contributed by atoms with van der Waals surface area (Å²) in [6, 6.07) is 0. The van der Waals surface area contributed by atoms with E-state index in [1.807, 2.05) is 6.92 Å². The molecule has 0 aliphatic carbocycles. The maximum Gasteiger partial charge on any atom is 0.255 e. The van der Waals surface area contributed by atoms with Crippen molar-refractivity contribution in [2.45, 2.75) is 43.2 Å². The minimum absolute atomic E-state index is 0.0989. The lowest BCUT2D eigenvalue weighted by Crippen LogP contribution is -2.34. The number of hydrogen-bond donors (Lipinski definition) is 0. The number of aryl methyl sites for hydroxylation is 2. The summed E-state index contributed by atoms with van der Waals surface area (Å²) in [5.41, 5.74) is 0.629. The summed E-state index contributed by atoms with van der Waals surface area (Å²) in [6.07, 6.45) is 1.92. The first-order chi connectivity index (χ1) is 8.46. The molecule has 0 unspecified atom stereocenters. The molecule has 1 fully saturated rings. The molecule has 0 N–H and O–H groups in total. The molecule has 1 aliphatic rings. The van der Waals surface area contributed by atoms with E-state index in [2.05, 4.69) is 11.9 Å². The number of thiazole rings is 1. The third-order valence-electron chi connectivity index (χ3n) is 2.88. The molecule has 2 heterocycles. The van der Waals surface area contributed by atoms with Crippen LogP contribution in [0, 0.1) is 13.8 Å². The second-order valence-corrected chi connectivity index (χ2v) is 8.91. The minimum atomic E-state index is -3.35. The lowest BCUT2D eigenvalue weighted by atomic mass is 10.3. The first-order valence-electron chi connectivity index (χ1n) is 6.04. The summed E-state index contributed by atoms with van der Waals surface area (Å²) in [7, 11) is -3.35. The second kappa shape index (κ2) is 5.48. The Morgan fingerprint density at radius 3 is 2.72 bits per heavy atom. The molecule has 1 aromatic rings. The lowest BCUT2D eigenvalue weighted by Gasteiger charge is -2.22. The second-order valence-electron chi connectivity index (χ2n) is 4.34. The van der Waals surface area contributed by atoms with Crippen LogP contribution in [0.4, 0.5) is 0 Å². The fraction of sp³-hybridized carbons (Fsp3) is 0.727. The van der Waals surface area contributed by atoms with E-state index in [1.165, 1.54) is 11.3 Å². The van der Waals surface area contributed by atoms with Gasteiger partial charge in [-0.1, -0.05) is 13.3 Å². The summed E-state index contributed by atoms with van der Waals surface area (Å²) < 4.78 is 27.3. The number of hydrogen-bond acceptors (Lipinski definition) is 5. The predicted octanol–water partition coefficient (Wildman–Crippen LogP) is 2.62. The van der Waals surface area contributed by atoms with E-state index in [0.29, 0.717) is 16.4 Å². The molecule has 102 valence electrons. The van der Waals surface area contributed by atoms with Crippen molar-refractivity contribution in [2.75, 3.05) is 12.3 Å². The van der Waals surface area contributed by atoms with Gasteiger partial charge in [0, 0.05) is 12.3 Å². The Kier molecular flexibility index (Phi) is 4.36. The lowest BCUT2D eigenvalue weighted by molar-refractivity contribution is 0.413. The zero-order chi connectivity index (χ0) is 13.3. The number of thioether (sulfide) groups is 1. The van der Waals surface area contributed by atoms with E-state index in [-0.39, 0.29) is 5.37 Å². The molecule has 7 heteroatoms. The standard InChI is InChI=1S/C11H18N2O2S3/c1-4-5-10-13(6-7-16-10)18(14,15)11-8(2)12-9(3)17-11/h10H,4-7H2,1-3H3/t10-/m0/s1. The van der Waals surface area contributed by atoms with Gasteiger partial charge in [-0.2, -0.15) is 4.31 Å². The third kappa shape index (κ3) is 2.59. The highest BCUT2D eigenvalue weighted by Crippen LogP contribution is 2.35. The van der Waals surface area contributed by atoms with Gasteiger partial charge in [0.1, 0.15) is 0 Å². The van der Waals surface area contributed by atoms with Crippen molar-refractivity contribution >= 4 is 33.1 Å². The summed E-state index contributed by atoms with van der Waals surface area (Å²) in [5.74, 6) is 0.890. The predicted molar refractivity (Wildman–Crippen MR) is 76.6 cm³/mol. The van der Waals surface area contributed by atoms with E-state index in [0.717, 1.165) is 23.6 Å². The highest BCUT2D eigenvalue weighted by Gasteiger charge is 2.37. The fourth-order valence-corrected chi connectivity index (χ4v) is 7.09. The Balaban J connectivity index is 2.33. The van der Waals surface area contributed by atoms with Crippen LogP contribution in [-0.2, 0) is 10.0 Å². The molecule has 0 saturated carbocycles. The van der Waals surface area contributed by atoms with E-state index < -0.39 is 10.0 Å². The van der Waals surface area contributed by atoms with Gasteiger partial charge in [0.2, 0.25) is 0 Å². The highest BCUT2D eigenvalue weighted by atomic mass is 32.2. The van der Waals surface area contributed by atoms with Gasteiger partial charge in [0.15, 0.2) is 4.21 Å². The first-order valence-corrected chi connectivity index (χ1v) is 9.34. The maximum absolute atomic E-state index is 12.6. The normalized spacial score (nSPS) is 21.6. The Morgan fingerprint density at radius 1 is 1.44 bits per heavy atom. The van der Waals surface area contributed by atoms with Crippen LogP contribution in [0.5, 0.6) is 0 Å². The smallest absolute Gasteiger partial charge is 0.245 e. The van der Waals surface area contributed by atoms with Crippen molar-refractivity contribution in [2.24, 2.45) is 0 Å². The molecular formula is C11H18N2O2S3. The van der Waals surface area contributed by atoms with Crippen LogP contribution >= 0.6 is 23.1 Å². The molecule has 0 aromatic carbocycles. The van der Waals surface area contributed by atoms with Crippen LogP contribution in [0.25, 0.3) is 0 Å². The van der Waals surface area contributed by atoms with Crippen molar-refractivity contribution in [1.29, 1.82) is 0 Å². The SMILES string of the molecule is CCC[C@@H]1SCCN1S(=O)(=O)c1sc(C)nc1C. The van der Waals surface area contributed by atoms with E-state index >= 15 is 0 Å². The molecule has 1 aromatic heterocycles. The Hall–Kier alpha value is -0.110. The summed E-state index contributed by atoms with van der Waals surface area (Å²) in [4.78, 5) is 4.23. The summed E-state index contributed by atoms with van der Waals surface area (Å²) >= 11 is 3.02. The Morgan fingerprint density at radius 2 is 2.17 bits per heavy atom. The number of aromatic nitrogens is 1. The van der Waals surface area contributed by atoms with E-state index in [1.54, 1.807) is 23.0 Å². The van der Waals surface area contributed by atoms with Crippen LogP contribution < -0.4 is 0 Å². The quantitative estimate of drug-likeness (QED) is 0.858. The van der Waals surface area contributed by atoms with Crippen LogP contribution in [0.2, 0.25) is 0 Å². The fourth-order valence-electron chi connectivity index (χ4n) is 2.11. The molecular weight excluding hydrogens is 288 g/mol. The van der Waals surface area contributed by atoms with Gasteiger partial charge >= 0.3 is 0 Å². The average Bonchev–Trinajstić information content (AvgIpc) is 2.86. The van der Waals surface area contributed by atoms with Crippen molar-refractivity contribution in [1.82, 2.24) is 9.29 Å². The molecule has 1 atom stereocenters. The Bertz CT molecular complexity index is 524. The van der Waals surface area contributed by atoms with Crippen molar-refractivity contribution < 1.29 is 8.42 Å². The number of nitrogens with zero attached hydrogens (tertiary/aromatic N) is 2. The van der Waals surface area contributed by atoms with Gasteiger partial charge < -0.3 is 0 Å². The van der Waals surface area contributed by atoms with Crippen LogP contribution in [0.1, 0.15) is 30.5 Å². The van der Waals surface area contributed by atoms with Crippen molar-refractivity contribution in [3.05, 3.63) is 10.7 Å². The zero-order valence-electron chi connectivity index (χ0n) is 10.8. The maximum atomic E-state index is 12.6. The van der Waals surface area contributed by atoms with Gasteiger partial charge in [0.05, 0.1) is 16.1 Å². The largest absolute Gasteiger partial charge is 0.255 e. The molecule has 18 heavy (non-hydrogen) atoms. The van der Waals surface area contributed by atoms with Gasteiger partial charge in [-0.25, -0.2) is 13.4 Å². The molecule has 4 nitrogen and oxygen atoms in total.